The van der Waals surface area contributed by atoms with Gasteiger partial charge in [0.2, 0.25) is 5.43 Å². The Morgan fingerprint density at radius 3 is 3.05 bits per heavy atom. The van der Waals surface area contributed by atoms with E-state index < -0.39 is 0 Å². The molecule has 0 aliphatic heterocycles. The molecule has 0 aliphatic carbocycles. The first-order chi connectivity index (χ1) is 9.65. The molecule has 106 valence electrons. The first-order valence-corrected chi connectivity index (χ1v) is 6.26. The first kappa shape index (κ1) is 13.9. The molecule has 0 saturated heterocycles. The molecule has 2 aromatic rings. The number of carbonyl (C=O) groups excluding carboxylic acids is 1. The van der Waals surface area contributed by atoms with Crippen LogP contribution in [0, 0.1) is 6.92 Å². The molecule has 0 aliphatic rings. The van der Waals surface area contributed by atoms with Gasteiger partial charge in [-0.15, -0.1) is 0 Å². The molecule has 0 unspecified atom stereocenters. The molecule has 0 aromatic carbocycles. The number of aromatic amines is 1. The minimum absolute atomic E-state index is 0.136. The third-order valence-corrected chi connectivity index (χ3v) is 2.65. The van der Waals surface area contributed by atoms with Gasteiger partial charge in [0.15, 0.2) is 12.4 Å². The number of hydrogen-bond acceptors (Lipinski definition) is 4. The van der Waals surface area contributed by atoms with Gasteiger partial charge in [0.25, 0.3) is 5.91 Å². The van der Waals surface area contributed by atoms with Gasteiger partial charge in [-0.2, -0.15) is 0 Å². The van der Waals surface area contributed by atoms with E-state index in [9.17, 15) is 9.59 Å². The van der Waals surface area contributed by atoms with E-state index in [1.807, 2.05) is 6.07 Å². The fourth-order valence-corrected chi connectivity index (χ4v) is 1.65. The van der Waals surface area contributed by atoms with Gasteiger partial charge in [-0.3, -0.25) is 9.59 Å². The first-order valence-electron chi connectivity index (χ1n) is 6.26. The van der Waals surface area contributed by atoms with Gasteiger partial charge >= 0.3 is 0 Å². The number of pyridine rings is 1. The molecule has 1 amide bonds. The monoisotopic (exact) mass is 276 g/mol. The highest BCUT2D eigenvalue weighted by Gasteiger charge is 2.05. The van der Waals surface area contributed by atoms with E-state index in [1.54, 1.807) is 19.3 Å². The molecule has 0 saturated carbocycles. The molecule has 2 aromatic heterocycles. The van der Waals surface area contributed by atoms with Gasteiger partial charge in [0.05, 0.1) is 6.26 Å². The van der Waals surface area contributed by atoms with E-state index in [-0.39, 0.29) is 23.7 Å². The summed E-state index contributed by atoms with van der Waals surface area (Å²) in [7, 11) is 0. The maximum atomic E-state index is 11.5. The Kier molecular flexibility index (Phi) is 4.60. The van der Waals surface area contributed by atoms with Crippen LogP contribution in [0.5, 0.6) is 5.75 Å². The normalized spacial score (nSPS) is 10.2. The number of ether oxygens (including phenoxy) is 1. The molecular formula is C14H16N2O4. The number of aromatic nitrogens is 1. The Morgan fingerprint density at radius 1 is 1.50 bits per heavy atom. The van der Waals surface area contributed by atoms with Crippen molar-refractivity contribution in [3.63, 3.8) is 0 Å². The summed E-state index contributed by atoms with van der Waals surface area (Å²) in [6.45, 7) is 2.04. The maximum Gasteiger partial charge on any atom is 0.257 e. The molecule has 0 fully saturated rings. The summed E-state index contributed by atoms with van der Waals surface area (Å²) >= 11 is 0. The van der Waals surface area contributed by atoms with Crippen molar-refractivity contribution in [3.8, 4) is 5.75 Å². The highest BCUT2D eigenvalue weighted by Crippen LogP contribution is 2.01. The van der Waals surface area contributed by atoms with Crippen LogP contribution in [-0.2, 0) is 11.2 Å². The summed E-state index contributed by atoms with van der Waals surface area (Å²) in [6, 6.07) is 5.06. The van der Waals surface area contributed by atoms with Crippen LogP contribution in [0.4, 0.5) is 0 Å². The van der Waals surface area contributed by atoms with Crippen LogP contribution in [0.25, 0.3) is 0 Å². The average molecular weight is 276 g/mol. The second kappa shape index (κ2) is 6.60. The Hall–Kier alpha value is -2.50. The van der Waals surface area contributed by atoms with Crippen LogP contribution in [0.1, 0.15) is 11.5 Å². The Morgan fingerprint density at radius 2 is 2.35 bits per heavy atom. The molecule has 20 heavy (non-hydrogen) atoms. The summed E-state index contributed by atoms with van der Waals surface area (Å²) in [6.07, 6.45) is 3.65. The van der Waals surface area contributed by atoms with Gasteiger partial charge in [-0.05, 0) is 19.1 Å². The largest absolute Gasteiger partial charge is 0.478 e. The zero-order chi connectivity index (χ0) is 14.4. The predicted molar refractivity (Wildman–Crippen MR) is 72.7 cm³/mol. The summed E-state index contributed by atoms with van der Waals surface area (Å²) in [4.78, 5) is 25.9. The highest BCUT2D eigenvalue weighted by molar-refractivity contribution is 5.77. The molecule has 2 rings (SSSR count). The summed E-state index contributed by atoms with van der Waals surface area (Å²) < 4.78 is 10.3. The smallest absolute Gasteiger partial charge is 0.257 e. The van der Waals surface area contributed by atoms with Crippen molar-refractivity contribution in [2.75, 3.05) is 13.2 Å². The van der Waals surface area contributed by atoms with Gasteiger partial charge in [0.1, 0.15) is 5.76 Å². The molecule has 6 nitrogen and oxygen atoms in total. The number of amides is 1. The summed E-state index contributed by atoms with van der Waals surface area (Å²) in [5, 5.41) is 2.69. The fourth-order valence-electron chi connectivity index (χ4n) is 1.65. The number of hydrogen-bond donors (Lipinski definition) is 2. The zero-order valence-corrected chi connectivity index (χ0v) is 11.1. The standard InChI is InChI=1S/C14H16N2O4/c1-10-7-12(17)13(8-16-10)20-9-14(18)15-5-4-11-3-2-6-19-11/h2-3,6-8H,4-5,9H2,1H3,(H,15,18)(H,16,17). The van der Waals surface area contributed by atoms with E-state index in [4.69, 9.17) is 9.15 Å². The second-order valence-corrected chi connectivity index (χ2v) is 4.31. The van der Waals surface area contributed by atoms with Crippen molar-refractivity contribution in [2.24, 2.45) is 0 Å². The minimum Gasteiger partial charge on any atom is -0.478 e. The van der Waals surface area contributed by atoms with Crippen LogP contribution in [0.2, 0.25) is 0 Å². The van der Waals surface area contributed by atoms with E-state index in [0.29, 0.717) is 13.0 Å². The van der Waals surface area contributed by atoms with Crippen LogP contribution in [0.3, 0.4) is 0 Å². The quantitative estimate of drug-likeness (QED) is 0.824. The van der Waals surface area contributed by atoms with Crippen molar-refractivity contribution < 1.29 is 13.9 Å². The molecular weight excluding hydrogens is 260 g/mol. The second-order valence-electron chi connectivity index (χ2n) is 4.31. The van der Waals surface area contributed by atoms with Crippen molar-refractivity contribution in [1.29, 1.82) is 0 Å². The summed E-state index contributed by atoms with van der Waals surface area (Å²) in [5.74, 6) is 0.662. The Bertz CT molecular complexity index is 616. The summed E-state index contributed by atoms with van der Waals surface area (Å²) in [5.41, 5.74) is 0.495. The lowest BCUT2D eigenvalue weighted by molar-refractivity contribution is -0.123. The molecule has 0 bridgehead atoms. The number of nitrogens with one attached hydrogen (secondary N) is 2. The van der Waals surface area contributed by atoms with Crippen molar-refractivity contribution in [2.45, 2.75) is 13.3 Å². The van der Waals surface area contributed by atoms with Gasteiger partial charge < -0.3 is 19.5 Å². The molecule has 2 heterocycles. The van der Waals surface area contributed by atoms with Gasteiger partial charge in [-0.1, -0.05) is 0 Å². The number of aryl methyl sites for hydroxylation is 1. The van der Waals surface area contributed by atoms with E-state index >= 15 is 0 Å². The predicted octanol–water partition coefficient (Wildman–Crippen LogP) is 1.01. The van der Waals surface area contributed by atoms with E-state index in [2.05, 4.69) is 10.3 Å². The molecule has 0 atom stereocenters. The maximum absolute atomic E-state index is 11.5. The molecule has 2 N–H and O–H groups in total. The Labute approximate surface area is 115 Å². The lowest BCUT2D eigenvalue weighted by Gasteiger charge is -2.06. The fraction of sp³-hybridized carbons (Fsp3) is 0.286. The third kappa shape index (κ3) is 4.01. The highest BCUT2D eigenvalue weighted by atomic mass is 16.5. The van der Waals surface area contributed by atoms with Crippen LogP contribution < -0.4 is 15.5 Å². The SMILES string of the molecule is Cc1cc(=O)c(OCC(=O)NCCc2ccco2)c[nH]1. The minimum atomic E-state index is -0.281. The number of furan rings is 1. The zero-order valence-electron chi connectivity index (χ0n) is 11.1. The lowest BCUT2D eigenvalue weighted by Crippen LogP contribution is -2.31. The number of H-pyrrole nitrogens is 1. The number of rotatable bonds is 6. The van der Waals surface area contributed by atoms with Crippen LogP contribution in [0.15, 0.2) is 39.9 Å². The third-order valence-electron chi connectivity index (χ3n) is 2.65. The molecule has 6 heteroatoms. The van der Waals surface area contributed by atoms with Crippen molar-refractivity contribution in [3.05, 3.63) is 52.3 Å². The van der Waals surface area contributed by atoms with Gasteiger partial charge in [0, 0.05) is 30.9 Å². The van der Waals surface area contributed by atoms with E-state index in [1.165, 1.54) is 12.3 Å². The number of carbonyl (C=O) groups is 1. The molecule has 0 radical (unpaired) electrons. The van der Waals surface area contributed by atoms with Crippen LogP contribution in [-0.4, -0.2) is 24.0 Å². The van der Waals surface area contributed by atoms with Crippen molar-refractivity contribution >= 4 is 5.91 Å². The Balaban J connectivity index is 1.73. The topological polar surface area (TPSA) is 84.3 Å². The van der Waals surface area contributed by atoms with Gasteiger partial charge in [-0.25, -0.2) is 0 Å². The average Bonchev–Trinajstić information content (AvgIpc) is 2.91. The molecule has 0 spiro atoms. The van der Waals surface area contributed by atoms with E-state index in [0.717, 1.165) is 11.5 Å². The lowest BCUT2D eigenvalue weighted by atomic mass is 10.3. The van der Waals surface area contributed by atoms with Crippen molar-refractivity contribution in [1.82, 2.24) is 10.3 Å². The van der Waals surface area contributed by atoms with Crippen LogP contribution >= 0.6 is 0 Å².